The van der Waals surface area contributed by atoms with Crippen LogP contribution in [-0.2, 0) is 4.79 Å². The Kier molecular flexibility index (Phi) is 5.14. The van der Waals surface area contributed by atoms with E-state index in [-0.39, 0.29) is 24.2 Å². The lowest BCUT2D eigenvalue weighted by molar-refractivity contribution is -0.118. The number of nitrogens with two attached hydrogens (primary N) is 1. The molecule has 25 heavy (non-hydrogen) atoms. The number of rotatable bonds is 7. The molecule has 1 atom stereocenters. The van der Waals surface area contributed by atoms with Gasteiger partial charge in [-0.2, -0.15) is 0 Å². The first-order chi connectivity index (χ1) is 12.1. The zero-order valence-corrected chi connectivity index (χ0v) is 13.8. The number of amides is 2. The lowest BCUT2D eigenvalue weighted by Gasteiger charge is -2.16. The number of carbonyl (C=O) groups is 2. The van der Waals surface area contributed by atoms with Gasteiger partial charge in [-0.15, -0.1) is 0 Å². The fourth-order valence-electron chi connectivity index (χ4n) is 3.00. The minimum absolute atomic E-state index is 0.0104. The zero-order valence-electron chi connectivity index (χ0n) is 13.8. The second-order valence-electron chi connectivity index (χ2n) is 5.96. The molecule has 1 heterocycles. The van der Waals surface area contributed by atoms with Crippen LogP contribution < -0.4 is 11.1 Å². The molecule has 1 aromatic heterocycles. The Balaban J connectivity index is 1.65. The topological polar surface area (TPSA) is 85.3 Å². The summed E-state index contributed by atoms with van der Waals surface area (Å²) in [6, 6.07) is 16.9. The molecule has 0 aliphatic rings. The van der Waals surface area contributed by atoms with Crippen molar-refractivity contribution in [3.63, 3.8) is 0 Å². The molecule has 128 valence electrons. The van der Waals surface area contributed by atoms with Crippen molar-refractivity contribution in [2.75, 3.05) is 6.54 Å². The van der Waals surface area contributed by atoms with Crippen LogP contribution in [0.25, 0.3) is 11.0 Å². The Labute approximate surface area is 145 Å². The second kappa shape index (κ2) is 7.66. The number of furan rings is 1. The summed E-state index contributed by atoms with van der Waals surface area (Å²) in [6.45, 7) is 0.458. The third-order valence-corrected chi connectivity index (χ3v) is 4.24. The van der Waals surface area contributed by atoms with Gasteiger partial charge in [-0.05, 0) is 36.1 Å². The molecule has 0 bridgehead atoms. The molecule has 0 saturated carbocycles. The average Bonchev–Trinajstić information content (AvgIpc) is 3.10. The molecule has 0 aliphatic carbocycles. The molecule has 0 fully saturated rings. The summed E-state index contributed by atoms with van der Waals surface area (Å²) >= 11 is 0. The molecule has 1 unspecified atom stereocenters. The first-order valence-electron chi connectivity index (χ1n) is 8.23. The van der Waals surface area contributed by atoms with Crippen molar-refractivity contribution in [2.45, 2.75) is 18.8 Å². The predicted molar refractivity (Wildman–Crippen MR) is 96.2 cm³/mol. The van der Waals surface area contributed by atoms with Crippen molar-refractivity contribution in [3.8, 4) is 0 Å². The summed E-state index contributed by atoms with van der Waals surface area (Å²) in [5.74, 6) is -0.509. The summed E-state index contributed by atoms with van der Waals surface area (Å²) < 4.78 is 5.32. The van der Waals surface area contributed by atoms with Crippen molar-refractivity contribution in [2.24, 2.45) is 5.73 Å². The third kappa shape index (κ3) is 4.07. The Morgan fingerprint density at radius 1 is 1.04 bits per heavy atom. The van der Waals surface area contributed by atoms with E-state index in [4.69, 9.17) is 10.2 Å². The summed E-state index contributed by atoms with van der Waals surface area (Å²) in [5, 5.41) is 3.71. The van der Waals surface area contributed by atoms with E-state index >= 15 is 0 Å². The molecule has 0 spiro atoms. The molecule has 3 aromatic rings. The van der Waals surface area contributed by atoms with Gasteiger partial charge in [0, 0.05) is 18.4 Å². The Morgan fingerprint density at radius 2 is 1.84 bits per heavy atom. The van der Waals surface area contributed by atoms with Crippen molar-refractivity contribution in [1.82, 2.24) is 5.32 Å². The number of fused-ring (bicyclic) bond motifs is 1. The lowest BCUT2D eigenvalue weighted by atomic mass is 9.92. The fraction of sp³-hybridized carbons (Fsp3) is 0.200. The Bertz CT molecular complexity index is 871. The molecule has 5 heteroatoms. The molecule has 3 rings (SSSR count). The Hall–Kier alpha value is -3.08. The number of hydrogen-bond acceptors (Lipinski definition) is 3. The van der Waals surface area contributed by atoms with Crippen LogP contribution in [0.3, 0.4) is 0 Å². The largest absolute Gasteiger partial charge is 0.464 e. The van der Waals surface area contributed by atoms with E-state index in [1.54, 1.807) is 24.5 Å². The maximum atomic E-state index is 12.5. The van der Waals surface area contributed by atoms with Crippen LogP contribution >= 0.6 is 0 Å². The number of carbonyl (C=O) groups excluding carboxylic acids is 2. The highest BCUT2D eigenvalue weighted by Crippen LogP contribution is 2.23. The highest BCUT2D eigenvalue weighted by atomic mass is 16.3. The fourth-order valence-corrected chi connectivity index (χ4v) is 3.00. The van der Waals surface area contributed by atoms with E-state index < -0.39 is 0 Å². The van der Waals surface area contributed by atoms with Gasteiger partial charge >= 0.3 is 0 Å². The van der Waals surface area contributed by atoms with Gasteiger partial charge in [0.05, 0.1) is 11.8 Å². The van der Waals surface area contributed by atoms with Gasteiger partial charge in [0.1, 0.15) is 5.58 Å². The number of hydrogen-bond donors (Lipinski definition) is 2. The minimum Gasteiger partial charge on any atom is -0.464 e. The normalized spacial score (nSPS) is 12.0. The second-order valence-corrected chi connectivity index (χ2v) is 5.96. The van der Waals surface area contributed by atoms with Crippen LogP contribution in [0, 0.1) is 0 Å². The molecular weight excluding hydrogens is 316 g/mol. The van der Waals surface area contributed by atoms with E-state index in [1.165, 1.54) is 0 Å². The molecule has 5 nitrogen and oxygen atoms in total. The van der Waals surface area contributed by atoms with Crippen LogP contribution in [0.15, 0.2) is 65.3 Å². The van der Waals surface area contributed by atoms with Crippen LogP contribution in [0.1, 0.15) is 34.7 Å². The maximum absolute atomic E-state index is 12.5. The van der Waals surface area contributed by atoms with E-state index in [0.717, 1.165) is 10.9 Å². The monoisotopic (exact) mass is 336 g/mol. The standard InChI is InChI=1S/C20H20N2O3/c21-19(23)13-15(14-5-2-1-3-6-14)9-11-22-20(24)17-7-4-8-18-16(17)10-12-25-18/h1-8,10,12,15H,9,11,13H2,(H2,21,23)(H,22,24). The summed E-state index contributed by atoms with van der Waals surface area (Å²) in [7, 11) is 0. The van der Waals surface area contributed by atoms with Gasteiger partial charge < -0.3 is 15.5 Å². The average molecular weight is 336 g/mol. The number of nitrogens with one attached hydrogen (secondary N) is 1. The van der Waals surface area contributed by atoms with E-state index in [0.29, 0.717) is 24.1 Å². The molecule has 3 N–H and O–H groups in total. The quantitative estimate of drug-likeness (QED) is 0.695. The van der Waals surface area contributed by atoms with Gasteiger partial charge in [-0.25, -0.2) is 0 Å². The molecule has 2 aromatic carbocycles. The van der Waals surface area contributed by atoms with Crippen molar-refractivity contribution in [1.29, 1.82) is 0 Å². The van der Waals surface area contributed by atoms with Gasteiger partial charge in [0.2, 0.25) is 5.91 Å². The minimum atomic E-state index is -0.344. The van der Waals surface area contributed by atoms with Gasteiger partial charge in [0.15, 0.2) is 0 Å². The summed E-state index contributed by atoms with van der Waals surface area (Å²) in [4.78, 5) is 23.8. The molecule has 0 aliphatic heterocycles. The van der Waals surface area contributed by atoms with Crippen LogP contribution in [0.5, 0.6) is 0 Å². The third-order valence-electron chi connectivity index (χ3n) is 4.24. The van der Waals surface area contributed by atoms with Gasteiger partial charge in [0.25, 0.3) is 5.91 Å². The maximum Gasteiger partial charge on any atom is 0.252 e. The van der Waals surface area contributed by atoms with Gasteiger partial charge in [-0.1, -0.05) is 36.4 Å². The van der Waals surface area contributed by atoms with E-state index in [9.17, 15) is 9.59 Å². The first-order valence-corrected chi connectivity index (χ1v) is 8.23. The molecule has 0 saturated heterocycles. The predicted octanol–water partition coefficient (Wildman–Crippen LogP) is 3.21. The van der Waals surface area contributed by atoms with Crippen molar-refractivity contribution < 1.29 is 14.0 Å². The van der Waals surface area contributed by atoms with Crippen LogP contribution in [0.2, 0.25) is 0 Å². The highest BCUT2D eigenvalue weighted by molar-refractivity contribution is 6.05. The van der Waals surface area contributed by atoms with E-state index in [2.05, 4.69) is 5.32 Å². The SMILES string of the molecule is NC(=O)CC(CCNC(=O)c1cccc2occc12)c1ccccc1. The highest BCUT2D eigenvalue weighted by Gasteiger charge is 2.16. The number of benzene rings is 2. The van der Waals surface area contributed by atoms with E-state index in [1.807, 2.05) is 36.4 Å². The smallest absolute Gasteiger partial charge is 0.252 e. The Morgan fingerprint density at radius 3 is 2.60 bits per heavy atom. The molecular formula is C20H20N2O3. The summed E-state index contributed by atoms with van der Waals surface area (Å²) in [5.41, 5.74) is 7.68. The van der Waals surface area contributed by atoms with Crippen molar-refractivity contribution in [3.05, 3.63) is 72.0 Å². The first kappa shape index (κ1) is 16.8. The number of primary amides is 1. The van der Waals surface area contributed by atoms with Crippen LogP contribution in [-0.4, -0.2) is 18.4 Å². The molecule has 2 amide bonds. The lowest BCUT2D eigenvalue weighted by Crippen LogP contribution is -2.26. The summed E-state index contributed by atoms with van der Waals surface area (Å²) in [6.07, 6.45) is 2.47. The zero-order chi connectivity index (χ0) is 17.6. The van der Waals surface area contributed by atoms with Gasteiger partial charge in [-0.3, -0.25) is 9.59 Å². The van der Waals surface area contributed by atoms with Crippen molar-refractivity contribution >= 4 is 22.8 Å². The molecule has 0 radical (unpaired) electrons. The van der Waals surface area contributed by atoms with Crippen LogP contribution in [0.4, 0.5) is 0 Å².